The smallest absolute Gasteiger partial charge is 0.121 e. The minimum absolute atomic E-state index is 0.244. The van der Waals surface area contributed by atoms with Gasteiger partial charge in [0.15, 0.2) is 0 Å². The van der Waals surface area contributed by atoms with Crippen LogP contribution in [0.2, 0.25) is 0 Å². The van der Waals surface area contributed by atoms with Crippen LogP contribution in [0.3, 0.4) is 0 Å². The van der Waals surface area contributed by atoms with Gasteiger partial charge in [-0.1, -0.05) is 60.7 Å². The lowest BCUT2D eigenvalue weighted by molar-refractivity contribution is 0.214. The molecule has 0 aliphatic heterocycles. The fraction of sp³-hybridized carbons (Fsp3) is 0.133. The van der Waals surface area contributed by atoms with Crippen LogP contribution in [0.5, 0.6) is 5.75 Å². The van der Waals surface area contributed by atoms with Gasteiger partial charge in [-0.25, -0.2) is 5.84 Å². The monoisotopic (exact) mass is 478 g/mol. The molecule has 0 aliphatic rings. The van der Waals surface area contributed by atoms with Crippen molar-refractivity contribution in [1.29, 1.82) is 0 Å². The van der Waals surface area contributed by atoms with Gasteiger partial charge in [0.1, 0.15) is 11.9 Å². The van der Waals surface area contributed by atoms with Gasteiger partial charge >= 0.3 is 0 Å². The number of rotatable bonds is 7. The molecule has 1 heterocycles. The summed E-state index contributed by atoms with van der Waals surface area (Å²) in [7, 11) is 1.59. The van der Waals surface area contributed by atoms with Crippen molar-refractivity contribution in [1.82, 2.24) is 4.57 Å². The predicted molar refractivity (Wildman–Crippen MR) is 147 cm³/mol. The molecule has 5 rings (SSSR count). The number of hydrogen-bond donors (Lipinski definition) is 3. The standard InChI is InChI=1S/C30H30N4O2/c1-3-33-26-15-8-7-14-24(26)25-19-22(16-17-27(25)33)34(32)29(20-10-5-4-6-11-20)28(31)30(35)21-12-9-13-23(18-21)36-2/h4-19,30,35H,3,31-32H2,1-2H3/b29-28-. The highest BCUT2D eigenvalue weighted by atomic mass is 16.5. The van der Waals surface area contributed by atoms with Gasteiger partial charge in [0.05, 0.1) is 24.2 Å². The molecule has 0 amide bonds. The molecule has 36 heavy (non-hydrogen) atoms. The molecular weight excluding hydrogens is 448 g/mol. The molecule has 0 fully saturated rings. The van der Waals surface area contributed by atoms with Crippen LogP contribution in [0.15, 0.2) is 103 Å². The Morgan fingerprint density at radius 2 is 1.61 bits per heavy atom. The van der Waals surface area contributed by atoms with Gasteiger partial charge in [-0.05, 0) is 48.9 Å². The Labute approximate surface area is 210 Å². The lowest BCUT2D eigenvalue weighted by atomic mass is 10.0. The minimum Gasteiger partial charge on any atom is -0.497 e. The highest BCUT2D eigenvalue weighted by Crippen LogP contribution is 2.35. The van der Waals surface area contributed by atoms with E-state index in [2.05, 4.69) is 41.8 Å². The number of nitrogens with two attached hydrogens (primary N) is 2. The second-order valence-electron chi connectivity index (χ2n) is 8.68. The highest BCUT2D eigenvalue weighted by Gasteiger charge is 2.22. The van der Waals surface area contributed by atoms with Crippen LogP contribution in [0.1, 0.15) is 24.2 Å². The number of para-hydroxylation sites is 1. The summed E-state index contributed by atoms with van der Waals surface area (Å²) in [5, 5.41) is 15.1. The molecule has 1 aromatic heterocycles. The molecule has 1 unspecified atom stereocenters. The Balaban J connectivity index is 1.66. The maximum absolute atomic E-state index is 11.3. The van der Waals surface area contributed by atoms with Crippen molar-refractivity contribution in [2.45, 2.75) is 19.6 Å². The van der Waals surface area contributed by atoms with Crippen LogP contribution in [-0.2, 0) is 6.54 Å². The lowest BCUT2D eigenvalue weighted by Crippen LogP contribution is -2.32. The third-order valence-electron chi connectivity index (χ3n) is 6.62. The molecule has 5 N–H and O–H groups in total. The van der Waals surface area contributed by atoms with Crippen molar-refractivity contribution in [3.63, 3.8) is 0 Å². The zero-order valence-corrected chi connectivity index (χ0v) is 20.4. The summed E-state index contributed by atoms with van der Waals surface area (Å²) in [5.41, 5.74) is 11.9. The highest BCUT2D eigenvalue weighted by molar-refractivity contribution is 6.09. The summed E-state index contributed by atoms with van der Waals surface area (Å²) < 4.78 is 7.62. The molecule has 0 saturated carbocycles. The van der Waals surface area contributed by atoms with Gasteiger partial charge in [0, 0.05) is 33.9 Å². The van der Waals surface area contributed by atoms with E-state index in [4.69, 9.17) is 16.3 Å². The maximum atomic E-state index is 11.3. The number of anilines is 1. The quantitative estimate of drug-likeness (QED) is 0.210. The van der Waals surface area contributed by atoms with Crippen molar-refractivity contribution < 1.29 is 9.84 Å². The second kappa shape index (κ2) is 9.77. The molecule has 0 radical (unpaired) electrons. The fourth-order valence-electron chi connectivity index (χ4n) is 4.82. The van der Waals surface area contributed by atoms with Gasteiger partial charge in [0.25, 0.3) is 0 Å². The first-order valence-corrected chi connectivity index (χ1v) is 12.0. The van der Waals surface area contributed by atoms with Crippen molar-refractivity contribution in [3.8, 4) is 5.75 Å². The SMILES string of the molecule is CCn1c2ccccc2c2cc(N(N)/C(=C(\N)C(O)c3cccc(OC)c3)c3ccccc3)ccc21. The van der Waals surface area contributed by atoms with E-state index in [1.54, 1.807) is 18.2 Å². The van der Waals surface area contributed by atoms with Crippen molar-refractivity contribution in [2.24, 2.45) is 11.6 Å². The molecule has 182 valence electrons. The van der Waals surface area contributed by atoms with E-state index in [1.165, 1.54) is 10.9 Å². The lowest BCUT2D eigenvalue weighted by Gasteiger charge is -2.27. The number of aromatic nitrogens is 1. The number of benzene rings is 4. The summed E-state index contributed by atoms with van der Waals surface area (Å²) >= 11 is 0. The number of aryl methyl sites for hydroxylation is 1. The van der Waals surface area contributed by atoms with Crippen molar-refractivity contribution >= 4 is 33.2 Å². The summed E-state index contributed by atoms with van der Waals surface area (Å²) in [6.07, 6.45) is -1.08. The zero-order valence-electron chi connectivity index (χ0n) is 20.4. The first-order chi connectivity index (χ1) is 17.5. The minimum atomic E-state index is -1.08. The number of nitrogens with zero attached hydrogens (tertiary/aromatic N) is 2. The summed E-state index contributed by atoms with van der Waals surface area (Å²) in [6, 6.07) is 31.4. The predicted octanol–water partition coefficient (Wildman–Crippen LogP) is 5.56. The summed E-state index contributed by atoms with van der Waals surface area (Å²) in [5.74, 6) is 7.41. The topological polar surface area (TPSA) is 89.7 Å². The van der Waals surface area contributed by atoms with Gasteiger partial charge in [-0.15, -0.1) is 0 Å². The van der Waals surface area contributed by atoms with E-state index in [0.29, 0.717) is 17.0 Å². The number of methoxy groups -OCH3 is 1. The molecule has 4 aromatic carbocycles. The van der Waals surface area contributed by atoms with Gasteiger partial charge in [0.2, 0.25) is 0 Å². The van der Waals surface area contributed by atoms with Crippen LogP contribution < -0.4 is 21.3 Å². The molecule has 6 heteroatoms. The first kappa shape index (κ1) is 23.5. The van der Waals surface area contributed by atoms with Crippen LogP contribution in [0.25, 0.3) is 27.5 Å². The Morgan fingerprint density at radius 1 is 0.889 bits per heavy atom. The van der Waals surface area contributed by atoms with Crippen LogP contribution >= 0.6 is 0 Å². The third kappa shape index (κ3) is 4.06. The van der Waals surface area contributed by atoms with Crippen LogP contribution in [-0.4, -0.2) is 16.8 Å². The Morgan fingerprint density at radius 3 is 2.36 bits per heavy atom. The molecule has 0 spiro atoms. The average molecular weight is 479 g/mol. The van der Waals surface area contributed by atoms with E-state index in [-0.39, 0.29) is 5.70 Å². The molecule has 5 aromatic rings. The van der Waals surface area contributed by atoms with Gasteiger partial charge in [-0.2, -0.15) is 0 Å². The van der Waals surface area contributed by atoms with Crippen LogP contribution in [0.4, 0.5) is 5.69 Å². The number of ether oxygens (including phenoxy) is 1. The van der Waals surface area contributed by atoms with E-state index in [1.807, 2.05) is 60.7 Å². The van der Waals surface area contributed by atoms with E-state index < -0.39 is 6.10 Å². The second-order valence-corrected chi connectivity index (χ2v) is 8.68. The molecule has 0 bridgehead atoms. The molecular formula is C30H30N4O2. The number of aliphatic hydroxyl groups is 1. The Bertz CT molecular complexity index is 1560. The molecule has 0 saturated heterocycles. The van der Waals surface area contributed by atoms with Gasteiger partial charge in [-0.3, -0.25) is 5.01 Å². The summed E-state index contributed by atoms with van der Waals surface area (Å²) in [4.78, 5) is 0. The number of aliphatic hydroxyl groups excluding tert-OH is 1. The number of hydrazine groups is 1. The van der Waals surface area contributed by atoms with Crippen LogP contribution in [0, 0.1) is 0 Å². The third-order valence-corrected chi connectivity index (χ3v) is 6.62. The van der Waals surface area contributed by atoms with E-state index >= 15 is 0 Å². The average Bonchev–Trinajstić information content (AvgIpc) is 3.26. The van der Waals surface area contributed by atoms with E-state index in [9.17, 15) is 5.11 Å². The summed E-state index contributed by atoms with van der Waals surface area (Å²) in [6.45, 7) is 3.01. The van der Waals surface area contributed by atoms with Crippen molar-refractivity contribution in [3.05, 3.63) is 114 Å². The Kier molecular flexibility index (Phi) is 6.38. The molecule has 1 atom stereocenters. The maximum Gasteiger partial charge on any atom is 0.121 e. The Hall–Kier alpha value is -4.26. The van der Waals surface area contributed by atoms with E-state index in [0.717, 1.165) is 28.7 Å². The van der Waals surface area contributed by atoms with Gasteiger partial charge < -0.3 is 20.1 Å². The molecule has 0 aliphatic carbocycles. The fourth-order valence-corrected chi connectivity index (χ4v) is 4.82. The number of hydrogen-bond acceptors (Lipinski definition) is 5. The number of fused-ring (bicyclic) bond motifs is 3. The zero-order chi connectivity index (χ0) is 25.2. The molecule has 6 nitrogen and oxygen atoms in total. The normalized spacial score (nSPS) is 13.0. The largest absolute Gasteiger partial charge is 0.497 e. The first-order valence-electron chi connectivity index (χ1n) is 12.0. The van der Waals surface area contributed by atoms with Crippen molar-refractivity contribution in [2.75, 3.05) is 12.1 Å².